The van der Waals surface area contributed by atoms with E-state index in [9.17, 15) is 23.3 Å². The van der Waals surface area contributed by atoms with Gasteiger partial charge in [0.2, 0.25) is 5.95 Å². The van der Waals surface area contributed by atoms with Crippen LogP contribution < -0.4 is 10.6 Å². The number of benzene rings is 2. The smallest absolute Gasteiger partial charge is 0.364 e. The van der Waals surface area contributed by atoms with Gasteiger partial charge in [-0.25, -0.2) is 4.98 Å². The summed E-state index contributed by atoms with van der Waals surface area (Å²) in [4.78, 5) is 25.9. The fourth-order valence-electron chi connectivity index (χ4n) is 3.09. The number of fused-ring (bicyclic) bond motifs is 1. The second-order valence-electron chi connectivity index (χ2n) is 6.78. The lowest BCUT2D eigenvalue weighted by molar-refractivity contribution is -0.384. The van der Waals surface area contributed by atoms with Gasteiger partial charge in [-0.2, -0.15) is 23.1 Å². The highest BCUT2D eigenvalue weighted by molar-refractivity contribution is 5.83. The molecule has 0 aliphatic heterocycles. The first kappa shape index (κ1) is 21.0. The van der Waals surface area contributed by atoms with Gasteiger partial charge in [0.15, 0.2) is 11.5 Å². The highest BCUT2D eigenvalue weighted by Gasteiger charge is 2.32. The number of hydrogen-bond acceptors (Lipinski definition) is 7. The zero-order valence-electron chi connectivity index (χ0n) is 16.3. The normalized spacial score (nSPS) is 11.5. The van der Waals surface area contributed by atoms with E-state index in [0.717, 1.165) is 11.6 Å². The SMILES string of the molecule is O=[N+]([O-])c1ccc(CNc2nc(NCc3ccccc3C(F)(F)F)nc3nc[nH]c23)cc1. The molecule has 0 spiro atoms. The summed E-state index contributed by atoms with van der Waals surface area (Å²) in [5, 5.41) is 16.7. The van der Waals surface area contributed by atoms with Gasteiger partial charge in [0.1, 0.15) is 5.52 Å². The van der Waals surface area contributed by atoms with Crippen LogP contribution in [0.3, 0.4) is 0 Å². The van der Waals surface area contributed by atoms with Crippen molar-refractivity contribution in [2.24, 2.45) is 0 Å². The van der Waals surface area contributed by atoms with Gasteiger partial charge in [-0.1, -0.05) is 30.3 Å². The number of non-ortho nitro benzene ring substituents is 1. The third-order valence-corrected chi connectivity index (χ3v) is 4.65. The molecule has 2 heterocycles. The Morgan fingerprint density at radius 2 is 1.75 bits per heavy atom. The molecule has 164 valence electrons. The maximum atomic E-state index is 13.2. The summed E-state index contributed by atoms with van der Waals surface area (Å²) >= 11 is 0. The molecule has 0 aliphatic carbocycles. The summed E-state index contributed by atoms with van der Waals surface area (Å²) in [6.07, 6.45) is -3.04. The molecule has 0 aliphatic rings. The van der Waals surface area contributed by atoms with Gasteiger partial charge in [0.05, 0.1) is 16.8 Å². The molecule has 0 radical (unpaired) electrons. The number of rotatable bonds is 7. The number of nitrogens with one attached hydrogen (secondary N) is 3. The van der Waals surface area contributed by atoms with E-state index in [1.54, 1.807) is 12.1 Å². The van der Waals surface area contributed by atoms with E-state index < -0.39 is 16.7 Å². The fraction of sp³-hybridized carbons (Fsp3) is 0.150. The van der Waals surface area contributed by atoms with E-state index in [2.05, 4.69) is 30.6 Å². The Kier molecular flexibility index (Phi) is 5.58. The largest absolute Gasteiger partial charge is 0.416 e. The molecule has 2 aromatic heterocycles. The zero-order valence-corrected chi connectivity index (χ0v) is 16.3. The number of alkyl halides is 3. The van der Waals surface area contributed by atoms with Crippen molar-refractivity contribution in [3.63, 3.8) is 0 Å². The Morgan fingerprint density at radius 1 is 1.00 bits per heavy atom. The number of imidazole rings is 1. The third kappa shape index (κ3) is 4.58. The maximum absolute atomic E-state index is 13.2. The van der Waals surface area contributed by atoms with Crippen molar-refractivity contribution >= 4 is 28.6 Å². The Balaban J connectivity index is 1.53. The van der Waals surface area contributed by atoms with Gasteiger partial charge in [0, 0.05) is 25.2 Å². The van der Waals surface area contributed by atoms with E-state index in [1.165, 1.54) is 36.7 Å². The minimum Gasteiger partial charge on any atom is -0.364 e. The molecule has 0 saturated carbocycles. The van der Waals surface area contributed by atoms with Crippen LogP contribution in [0.15, 0.2) is 54.9 Å². The summed E-state index contributed by atoms with van der Waals surface area (Å²) in [5.41, 5.74) is 0.940. The van der Waals surface area contributed by atoms with Crippen LogP contribution in [0.4, 0.5) is 30.6 Å². The van der Waals surface area contributed by atoms with E-state index in [0.29, 0.717) is 23.5 Å². The number of aromatic nitrogens is 4. The predicted octanol–water partition coefficient (Wildman–Crippen LogP) is 4.50. The monoisotopic (exact) mass is 443 g/mol. The summed E-state index contributed by atoms with van der Waals surface area (Å²) in [7, 11) is 0. The number of nitrogens with zero attached hydrogens (tertiary/aromatic N) is 4. The van der Waals surface area contributed by atoms with E-state index in [4.69, 9.17) is 0 Å². The van der Waals surface area contributed by atoms with Gasteiger partial charge in [-0.05, 0) is 17.2 Å². The number of nitro groups is 1. The molecule has 0 unspecified atom stereocenters. The average Bonchev–Trinajstić information content (AvgIpc) is 3.25. The Hall–Kier alpha value is -4.22. The maximum Gasteiger partial charge on any atom is 0.416 e. The van der Waals surface area contributed by atoms with E-state index >= 15 is 0 Å². The lowest BCUT2D eigenvalue weighted by Crippen LogP contribution is -2.13. The van der Waals surface area contributed by atoms with Crippen molar-refractivity contribution < 1.29 is 18.1 Å². The molecule has 4 rings (SSSR count). The molecule has 12 heteroatoms. The molecule has 0 saturated heterocycles. The third-order valence-electron chi connectivity index (χ3n) is 4.65. The molecule has 0 atom stereocenters. The Bertz CT molecular complexity index is 1260. The van der Waals surface area contributed by atoms with Crippen molar-refractivity contribution in [1.29, 1.82) is 0 Å². The van der Waals surface area contributed by atoms with Crippen molar-refractivity contribution in [3.8, 4) is 0 Å². The molecular formula is C20H16F3N7O2. The number of halogens is 3. The first-order chi connectivity index (χ1) is 15.3. The van der Waals surface area contributed by atoms with Gasteiger partial charge < -0.3 is 15.6 Å². The Labute approximate surface area is 178 Å². The molecule has 32 heavy (non-hydrogen) atoms. The number of aromatic amines is 1. The van der Waals surface area contributed by atoms with Gasteiger partial charge in [0.25, 0.3) is 5.69 Å². The first-order valence-electron chi connectivity index (χ1n) is 9.38. The number of H-pyrrole nitrogens is 1. The van der Waals surface area contributed by atoms with Crippen LogP contribution in [0, 0.1) is 10.1 Å². The highest BCUT2D eigenvalue weighted by Crippen LogP contribution is 2.32. The summed E-state index contributed by atoms with van der Waals surface area (Å²) in [6, 6.07) is 11.3. The summed E-state index contributed by atoms with van der Waals surface area (Å²) in [5.74, 6) is 0.491. The second-order valence-corrected chi connectivity index (χ2v) is 6.78. The first-order valence-corrected chi connectivity index (χ1v) is 9.38. The lowest BCUT2D eigenvalue weighted by Gasteiger charge is -2.14. The van der Waals surface area contributed by atoms with Crippen LogP contribution in [-0.2, 0) is 19.3 Å². The van der Waals surface area contributed by atoms with Crippen LogP contribution >= 0.6 is 0 Å². The molecule has 0 amide bonds. The van der Waals surface area contributed by atoms with Crippen molar-refractivity contribution in [2.75, 3.05) is 10.6 Å². The van der Waals surface area contributed by atoms with E-state index in [1.807, 2.05) is 0 Å². The van der Waals surface area contributed by atoms with E-state index in [-0.39, 0.29) is 23.7 Å². The predicted molar refractivity (Wildman–Crippen MR) is 111 cm³/mol. The van der Waals surface area contributed by atoms with Crippen LogP contribution in [0.5, 0.6) is 0 Å². The summed E-state index contributed by atoms with van der Waals surface area (Å²) in [6.45, 7) is 0.173. The van der Waals surface area contributed by atoms with Crippen LogP contribution in [-0.4, -0.2) is 24.9 Å². The fourth-order valence-corrected chi connectivity index (χ4v) is 3.09. The minimum absolute atomic E-state index is 0.0163. The van der Waals surface area contributed by atoms with Gasteiger partial charge >= 0.3 is 6.18 Å². The molecule has 4 aromatic rings. The highest BCUT2D eigenvalue weighted by atomic mass is 19.4. The zero-order chi connectivity index (χ0) is 22.7. The second kappa shape index (κ2) is 8.49. The van der Waals surface area contributed by atoms with Crippen LogP contribution in [0.25, 0.3) is 11.2 Å². The van der Waals surface area contributed by atoms with Crippen LogP contribution in [0.1, 0.15) is 16.7 Å². The minimum atomic E-state index is -4.47. The molecule has 2 aromatic carbocycles. The van der Waals surface area contributed by atoms with Crippen LogP contribution in [0.2, 0.25) is 0 Å². The van der Waals surface area contributed by atoms with Crippen molar-refractivity contribution in [2.45, 2.75) is 19.3 Å². The van der Waals surface area contributed by atoms with Crippen molar-refractivity contribution in [1.82, 2.24) is 19.9 Å². The molecular weight excluding hydrogens is 427 g/mol. The van der Waals surface area contributed by atoms with Gasteiger partial charge in [-0.15, -0.1) is 0 Å². The number of hydrogen-bond donors (Lipinski definition) is 3. The molecule has 0 bridgehead atoms. The Morgan fingerprint density at radius 3 is 2.47 bits per heavy atom. The summed E-state index contributed by atoms with van der Waals surface area (Å²) < 4.78 is 39.6. The molecule has 0 fully saturated rings. The molecule has 3 N–H and O–H groups in total. The lowest BCUT2D eigenvalue weighted by atomic mass is 10.1. The molecule has 9 nitrogen and oxygen atoms in total. The number of anilines is 2. The standard InChI is InChI=1S/C20H16F3N7O2/c21-20(22,23)15-4-2-1-3-13(15)10-25-19-28-17(16-18(29-19)27-11-26-16)24-9-12-5-7-14(8-6-12)30(31)32/h1-8,11H,9-10H2,(H3,24,25,26,27,28,29). The number of nitro benzene ring substituents is 1. The topological polar surface area (TPSA) is 122 Å². The average molecular weight is 443 g/mol. The van der Waals surface area contributed by atoms with Crippen molar-refractivity contribution in [3.05, 3.63) is 81.7 Å². The quantitative estimate of drug-likeness (QED) is 0.284. The van der Waals surface area contributed by atoms with Gasteiger partial charge in [-0.3, -0.25) is 10.1 Å².